The Labute approximate surface area is 160 Å². The Morgan fingerprint density at radius 1 is 1.24 bits per heavy atom. The van der Waals surface area contributed by atoms with Crippen LogP contribution >= 0.6 is 27.5 Å². The van der Waals surface area contributed by atoms with Crippen molar-refractivity contribution in [3.05, 3.63) is 57.8 Å². The first kappa shape index (κ1) is 18.4. The van der Waals surface area contributed by atoms with Crippen LogP contribution in [0.3, 0.4) is 0 Å². The van der Waals surface area contributed by atoms with Gasteiger partial charge in [0.25, 0.3) is 0 Å². The van der Waals surface area contributed by atoms with Gasteiger partial charge in [-0.15, -0.1) is 0 Å². The second-order valence-corrected chi connectivity index (χ2v) is 8.71. The van der Waals surface area contributed by atoms with E-state index in [9.17, 15) is 8.42 Å². The zero-order valence-electron chi connectivity index (χ0n) is 13.7. The van der Waals surface area contributed by atoms with E-state index >= 15 is 0 Å². The molecule has 0 saturated heterocycles. The summed E-state index contributed by atoms with van der Waals surface area (Å²) in [4.78, 5) is 4.79. The van der Waals surface area contributed by atoms with Gasteiger partial charge in [-0.1, -0.05) is 27.5 Å². The van der Waals surface area contributed by atoms with Crippen LogP contribution < -0.4 is 4.72 Å². The van der Waals surface area contributed by atoms with Crippen LogP contribution in [0, 0.1) is 0 Å². The molecular formula is C17H17BrClN3O2S. The van der Waals surface area contributed by atoms with Crippen molar-refractivity contribution in [2.24, 2.45) is 0 Å². The first-order chi connectivity index (χ1) is 11.8. The van der Waals surface area contributed by atoms with Crippen LogP contribution in [0.1, 0.15) is 25.7 Å². The predicted octanol–water partition coefficient (Wildman–Crippen LogP) is 4.51. The Kier molecular flexibility index (Phi) is 5.20. The fourth-order valence-electron chi connectivity index (χ4n) is 2.75. The summed E-state index contributed by atoms with van der Waals surface area (Å²) < 4.78 is 30.8. The summed E-state index contributed by atoms with van der Waals surface area (Å²) >= 11 is 9.27. The molecule has 0 radical (unpaired) electrons. The number of halogens is 2. The van der Waals surface area contributed by atoms with Crippen LogP contribution in [-0.4, -0.2) is 18.0 Å². The van der Waals surface area contributed by atoms with E-state index in [4.69, 9.17) is 11.6 Å². The normalized spacial score (nSPS) is 13.3. The van der Waals surface area contributed by atoms with E-state index < -0.39 is 16.1 Å². The molecule has 0 amide bonds. The van der Waals surface area contributed by atoms with Gasteiger partial charge in [0.2, 0.25) is 10.0 Å². The number of fused-ring (bicyclic) bond motifs is 1. The molecule has 0 fully saturated rings. The smallest absolute Gasteiger partial charge is 0.241 e. The van der Waals surface area contributed by atoms with Gasteiger partial charge in [-0.05, 0) is 56.3 Å². The molecule has 2 aromatic carbocycles. The quantitative estimate of drug-likeness (QED) is 0.632. The van der Waals surface area contributed by atoms with Gasteiger partial charge >= 0.3 is 0 Å². The number of aryl methyl sites for hydroxylation is 1. The fourth-order valence-corrected chi connectivity index (χ4v) is 4.43. The highest BCUT2D eigenvalue weighted by molar-refractivity contribution is 9.10. The largest absolute Gasteiger partial charge is 0.327 e. The van der Waals surface area contributed by atoms with Crippen molar-refractivity contribution in [1.29, 1.82) is 0 Å². The lowest BCUT2D eigenvalue weighted by Gasteiger charge is -2.15. The molecule has 0 aliphatic rings. The minimum absolute atomic E-state index is 0.172. The van der Waals surface area contributed by atoms with Gasteiger partial charge in [0, 0.05) is 16.0 Å². The molecule has 3 rings (SSSR count). The number of nitrogens with zero attached hydrogens (tertiary/aromatic N) is 2. The Hall–Kier alpha value is -1.41. The first-order valence-corrected chi connectivity index (χ1v) is 10.4. The van der Waals surface area contributed by atoms with E-state index in [1.165, 1.54) is 12.1 Å². The number of nitrogens with one attached hydrogen (secondary N) is 1. The second-order valence-electron chi connectivity index (χ2n) is 5.64. The molecule has 0 bridgehead atoms. The van der Waals surface area contributed by atoms with E-state index in [1.54, 1.807) is 19.1 Å². The van der Waals surface area contributed by atoms with Crippen LogP contribution in [0.15, 0.2) is 51.8 Å². The van der Waals surface area contributed by atoms with Gasteiger partial charge < -0.3 is 4.57 Å². The number of rotatable bonds is 5. The Balaban J connectivity index is 1.96. The van der Waals surface area contributed by atoms with Gasteiger partial charge in [-0.2, -0.15) is 0 Å². The molecular weight excluding hydrogens is 426 g/mol. The lowest BCUT2D eigenvalue weighted by atomic mass is 10.3. The topological polar surface area (TPSA) is 64.0 Å². The number of hydrogen-bond donors (Lipinski definition) is 1. The molecule has 1 aromatic heterocycles. The van der Waals surface area contributed by atoms with E-state index in [0.29, 0.717) is 17.4 Å². The highest BCUT2D eigenvalue weighted by atomic mass is 79.9. The second kappa shape index (κ2) is 7.07. The number of benzene rings is 2. The summed E-state index contributed by atoms with van der Waals surface area (Å²) in [5.41, 5.74) is 1.79. The Bertz CT molecular complexity index is 1020. The number of aromatic nitrogens is 2. The molecule has 0 spiro atoms. The van der Waals surface area contributed by atoms with Crippen molar-refractivity contribution in [3.8, 4) is 0 Å². The van der Waals surface area contributed by atoms with Crippen molar-refractivity contribution in [3.63, 3.8) is 0 Å². The minimum atomic E-state index is -3.67. The maximum atomic E-state index is 12.6. The Morgan fingerprint density at radius 2 is 1.92 bits per heavy atom. The average molecular weight is 443 g/mol. The van der Waals surface area contributed by atoms with Crippen molar-refractivity contribution in [2.75, 3.05) is 0 Å². The molecule has 0 aliphatic heterocycles. The van der Waals surface area contributed by atoms with Crippen molar-refractivity contribution in [1.82, 2.24) is 14.3 Å². The molecule has 25 heavy (non-hydrogen) atoms. The molecule has 1 atom stereocenters. The van der Waals surface area contributed by atoms with Gasteiger partial charge in [-0.3, -0.25) is 0 Å². The maximum absolute atomic E-state index is 12.6. The van der Waals surface area contributed by atoms with E-state index in [-0.39, 0.29) is 4.90 Å². The van der Waals surface area contributed by atoms with Crippen molar-refractivity contribution in [2.45, 2.75) is 31.3 Å². The maximum Gasteiger partial charge on any atom is 0.241 e. The van der Waals surface area contributed by atoms with Crippen LogP contribution in [0.5, 0.6) is 0 Å². The average Bonchev–Trinajstić information content (AvgIpc) is 2.92. The molecule has 0 saturated carbocycles. The third-order valence-electron chi connectivity index (χ3n) is 3.90. The standard InChI is InChI=1S/C17H17BrClN3O2S/c1-3-22-16-9-4-12(18)10-15(16)20-17(22)11(2)21-25(23,24)14-7-5-13(19)6-8-14/h4-11,21H,3H2,1-2H3. The monoisotopic (exact) mass is 441 g/mol. The fraction of sp³-hybridized carbons (Fsp3) is 0.235. The van der Waals surface area contributed by atoms with E-state index in [0.717, 1.165) is 15.5 Å². The molecule has 8 heteroatoms. The number of sulfonamides is 1. The molecule has 0 aliphatic carbocycles. The highest BCUT2D eigenvalue weighted by Crippen LogP contribution is 2.25. The SMILES string of the molecule is CCn1c(C(C)NS(=O)(=O)c2ccc(Cl)cc2)nc2cc(Br)ccc21. The summed E-state index contributed by atoms with van der Waals surface area (Å²) in [6.45, 7) is 4.49. The van der Waals surface area contributed by atoms with Crippen LogP contribution in [-0.2, 0) is 16.6 Å². The number of hydrogen-bond acceptors (Lipinski definition) is 3. The van der Waals surface area contributed by atoms with E-state index in [1.807, 2.05) is 29.7 Å². The molecule has 132 valence electrons. The lowest BCUT2D eigenvalue weighted by Crippen LogP contribution is -2.28. The summed E-state index contributed by atoms with van der Waals surface area (Å²) in [6, 6.07) is 11.4. The molecule has 1 heterocycles. The first-order valence-electron chi connectivity index (χ1n) is 7.75. The van der Waals surface area contributed by atoms with Crippen LogP contribution in [0.4, 0.5) is 0 Å². The van der Waals surface area contributed by atoms with E-state index in [2.05, 4.69) is 25.6 Å². The summed E-state index contributed by atoms with van der Waals surface area (Å²) in [5.74, 6) is 0.674. The summed E-state index contributed by atoms with van der Waals surface area (Å²) in [6.07, 6.45) is 0. The van der Waals surface area contributed by atoms with Crippen molar-refractivity contribution < 1.29 is 8.42 Å². The third-order valence-corrected chi connectivity index (χ3v) is 6.20. The zero-order valence-corrected chi connectivity index (χ0v) is 16.9. The molecule has 5 nitrogen and oxygen atoms in total. The Morgan fingerprint density at radius 3 is 2.56 bits per heavy atom. The lowest BCUT2D eigenvalue weighted by molar-refractivity contribution is 0.549. The molecule has 1 N–H and O–H groups in total. The predicted molar refractivity (Wildman–Crippen MR) is 103 cm³/mol. The summed E-state index contributed by atoms with van der Waals surface area (Å²) in [5, 5.41) is 0.491. The van der Waals surface area contributed by atoms with Gasteiger partial charge in [0.1, 0.15) is 5.82 Å². The molecule has 3 aromatic rings. The van der Waals surface area contributed by atoms with Gasteiger partial charge in [0.05, 0.1) is 22.0 Å². The minimum Gasteiger partial charge on any atom is -0.327 e. The van der Waals surface area contributed by atoms with Crippen molar-refractivity contribution >= 4 is 48.6 Å². The zero-order chi connectivity index (χ0) is 18.2. The highest BCUT2D eigenvalue weighted by Gasteiger charge is 2.22. The van der Waals surface area contributed by atoms with Crippen LogP contribution in [0.2, 0.25) is 5.02 Å². The van der Waals surface area contributed by atoms with Gasteiger partial charge in [-0.25, -0.2) is 18.1 Å². The van der Waals surface area contributed by atoms with Crippen LogP contribution in [0.25, 0.3) is 11.0 Å². The molecule has 1 unspecified atom stereocenters. The third kappa shape index (κ3) is 3.74. The van der Waals surface area contributed by atoms with Gasteiger partial charge in [0.15, 0.2) is 0 Å². The summed E-state index contributed by atoms with van der Waals surface area (Å²) in [7, 11) is -3.67. The number of imidazole rings is 1.